The second-order valence-electron chi connectivity index (χ2n) is 10.1. The lowest BCUT2D eigenvalue weighted by atomic mass is 9.69. The Hall–Kier alpha value is -5.11. The van der Waals surface area contributed by atoms with Crippen molar-refractivity contribution in [2.24, 2.45) is 5.92 Å². The number of esters is 1. The minimum absolute atomic E-state index is 0.0356. The van der Waals surface area contributed by atoms with Crippen LogP contribution in [0.5, 0.6) is 0 Å². The zero-order valence-electron chi connectivity index (χ0n) is 22.8. The minimum Gasteiger partial charge on any atom is -0.461 e. The molecule has 0 radical (unpaired) electrons. The van der Waals surface area contributed by atoms with Gasteiger partial charge in [0.1, 0.15) is 6.61 Å². The fourth-order valence-electron chi connectivity index (χ4n) is 5.38. The zero-order chi connectivity index (χ0) is 28.8. The van der Waals surface area contributed by atoms with Crippen LogP contribution in [-0.4, -0.2) is 27.5 Å². The van der Waals surface area contributed by atoms with E-state index in [2.05, 4.69) is 10.3 Å². The first-order chi connectivity index (χ1) is 19.8. The van der Waals surface area contributed by atoms with Gasteiger partial charge in [-0.1, -0.05) is 60.7 Å². The smallest absolute Gasteiger partial charge is 0.312 e. The maximum atomic E-state index is 13.9. The molecule has 3 unspecified atom stereocenters. The van der Waals surface area contributed by atoms with Crippen molar-refractivity contribution in [2.45, 2.75) is 25.3 Å². The fraction of sp³-hybridized carbons (Fsp3) is 0.182. The SMILES string of the molecule is CC1=CC(c2cccc([N+](=O)[O-])c2)C(C(=O)OCC=Cc2ccccc2)C(C)(c2ccc(-c3ccncc3)cn2)N1. The molecule has 3 heterocycles. The summed E-state index contributed by atoms with van der Waals surface area (Å²) in [6.45, 7) is 3.92. The maximum absolute atomic E-state index is 13.9. The first-order valence-corrected chi connectivity index (χ1v) is 13.3. The van der Waals surface area contributed by atoms with Crippen molar-refractivity contribution in [3.05, 3.63) is 142 Å². The first-order valence-electron chi connectivity index (χ1n) is 13.3. The minimum atomic E-state index is -0.967. The number of allylic oxidation sites excluding steroid dienone is 2. The lowest BCUT2D eigenvalue weighted by Gasteiger charge is -2.44. The summed E-state index contributed by atoms with van der Waals surface area (Å²) in [4.78, 5) is 33.9. The van der Waals surface area contributed by atoms with Gasteiger partial charge >= 0.3 is 5.97 Å². The van der Waals surface area contributed by atoms with Gasteiger partial charge in [-0.05, 0) is 54.8 Å². The molecule has 0 aliphatic carbocycles. The third kappa shape index (κ3) is 6.06. The Morgan fingerprint density at radius 1 is 1.05 bits per heavy atom. The molecule has 1 aliphatic heterocycles. The standard InChI is InChI=1S/C33H30N4O4/c1-23-20-29(26-11-6-12-28(21-26)37(39)40)31(32(38)41-19-7-10-24-8-4-3-5-9-24)33(2,36-23)30-14-13-27(22-35-30)25-15-17-34-18-16-25/h3-18,20-22,29,31,36H,19H2,1-2H3. The van der Waals surface area contributed by atoms with Gasteiger partial charge in [-0.25, -0.2) is 0 Å². The average Bonchev–Trinajstić information content (AvgIpc) is 3.00. The maximum Gasteiger partial charge on any atom is 0.312 e. The highest BCUT2D eigenvalue weighted by Crippen LogP contribution is 2.45. The number of non-ortho nitro benzene ring substituents is 1. The number of nitrogens with one attached hydrogen (secondary N) is 1. The van der Waals surface area contributed by atoms with E-state index in [1.807, 2.05) is 86.7 Å². The summed E-state index contributed by atoms with van der Waals surface area (Å²) in [7, 11) is 0. The Balaban J connectivity index is 1.51. The quantitative estimate of drug-likeness (QED) is 0.154. The molecule has 0 saturated heterocycles. The molecule has 2 aromatic heterocycles. The van der Waals surface area contributed by atoms with Gasteiger partial charge in [-0.3, -0.25) is 24.9 Å². The molecule has 0 bridgehead atoms. The van der Waals surface area contributed by atoms with Crippen molar-refractivity contribution in [3.8, 4) is 11.1 Å². The molecular weight excluding hydrogens is 516 g/mol. The Labute approximate surface area is 238 Å². The van der Waals surface area contributed by atoms with E-state index in [9.17, 15) is 14.9 Å². The van der Waals surface area contributed by atoms with Crippen LogP contribution in [0.2, 0.25) is 0 Å². The molecule has 8 heteroatoms. The van der Waals surface area contributed by atoms with Crippen LogP contribution in [0.1, 0.15) is 36.6 Å². The Morgan fingerprint density at radius 3 is 2.54 bits per heavy atom. The van der Waals surface area contributed by atoms with Crippen LogP contribution in [0, 0.1) is 16.0 Å². The van der Waals surface area contributed by atoms with Gasteiger partial charge < -0.3 is 10.1 Å². The molecule has 0 saturated carbocycles. The van der Waals surface area contributed by atoms with Gasteiger partial charge in [0.15, 0.2) is 0 Å². The fourth-order valence-corrected chi connectivity index (χ4v) is 5.38. The summed E-state index contributed by atoms with van der Waals surface area (Å²) in [5.74, 6) is -1.69. The molecule has 0 amide bonds. The van der Waals surface area contributed by atoms with Crippen LogP contribution in [-0.2, 0) is 15.1 Å². The number of hydrogen-bond acceptors (Lipinski definition) is 7. The van der Waals surface area contributed by atoms with E-state index in [0.717, 1.165) is 22.4 Å². The summed E-state index contributed by atoms with van der Waals surface area (Å²) in [5, 5.41) is 15.1. The van der Waals surface area contributed by atoms with Gasteiger partial charge in [-0.15, -0.1) is 0 Å². The number of nitrogens with zero attached hydrogens (tertiary/aromatic N) is 3. The zero-order valence-corrected chi connectivity index (χ0v) is 22.8. The number of nitro groups is 1. The first kappa shape index (κ1) is 27.5. The van der Waals surface area contributed by atoms with Crippen LogP contribution in [0.3, 0.4) is 0 Å². The number of benzene rings is 2. The highest BCUT2D eigenvalue weighted by molar-refractivity contribution is 5.77. The number of hydrogen-bond donors (Lipinski definition) is 1. The number of carbonyl (C=O) groups excluding carboxylic acids is 1. The molecule has 4 aromatic rings. The van der Waals surface area contributed by atoms with E-state index in [-0.39, 0.29) is 12.3 Å². The summed E-state index contributed by atoms with van der Waals surface area (Å²) < 4.78 is 5.81. The van der Waals surface area contributed by atoms with Gasteiger partial charge in [0, 0.05) is 47.9 Å². The molecule has 0 fully saturated rings. The second-order valence-corrected chi connectivity index (χ2v) is 10.1. The van der Waals surface area contributed by atoms with Crippen molar-refractivity contribution in [1.29, 1.82) is 0 Å². The molecular formula is C33H30N4O4. The number of nitro benzene ring substituents is 1. The number of aromatic nitrogens is 2. The number of ether oxygens (including phenoxy) is 1. The summed E-state index contributed by atoms with van der Waals surface area (Å²) in [6.07, 6.45) is 10.8. The van der Waals surface area contributed by atoms with Crippen molar-refractivity contribution in [1.82, 2.24) is 15.3 Å². The molecule has 3 atom stereocenters. The summed E-state index contributed by atoms with van der Waals surface area (Å²) in [5.41, 5.74) is 4.03. The Bertz CT molecular complexity index is 1590. The highest BCUT2D eigenvalue weighted by atomic mass is 16.6. The highest BCUT2D eigenvalue weighted by Gasteiger charge is 2.49. The predicted octanol–water partition coefficient (Wildman–Crippen LogP) is 6.43. The van der Waals surface area contributed by atoms with Crippen LogP contribution < -0.4 is 5.32 Å². The molecule has 41 heavy (non-hydrogen) atoms. The van der Waals surface area contributed by atoms with E-state index in [4.69, 9.17) is 9.72 Å². The lowest BCUT2D eigenvalue weighted by Crippen LogP contribution is -2.54. The average molecular weight is 547 g/mol. The lowest BCUT2D eigenvalue weighted by molar-refractivity contribution is -0.384. The number of pyridine rings is 2. The molecule has 8 nitrogen and oxygen atoms in total. The molecule has 1 N–H and O–H groups in total. The molecule has 0 spiro atoms. The third-order valence-corrected chi connectivity index (χ3v) is 7.33. The van der Waals surface area contributed by atoms with Gasteiger partial charge in [0.05, 0.1) is 22.1 Å². The van der Waals surface area contributed by atoms with Crippen molar-refractivity contribution >= 4 is 17.7 Å². The third-order valence-electron chi connectivity index (χ3n) is 7.33. The largest absolute Gasteiger partial charge is 0.461 e. The topological polar surface area (TPSA) is 107 Å². The van der Waals surface area contributed by atoms with Crippen LogP contribution in [0.4, 0.5) is 5.69 Å². The summed E-state index contributed by atoms with van der Waals surface area (Å²) >= 11 is 0. The molecule has 206 valence electrons. The van der Waals surface area contributed by atoms with Crippen LogP contribution >= 0.6 is 0 Å². The van der Waals surface area contributed by atoms with E-state index in [1.165, 1.54) is 12.1 Å². The van der Waals surface area contributed by atoms with Gasteiger partial charge in [-0.2, -0.15) is 0 Å². The van der Waals surface area contributed by atoms with E-state index >= 15 is 0 Å². The Morgan fingerprint density at radius 2 is 1.83 bits per heavy atom. The van der Waals surface area contributed by atoms with Crippen LogP contribution in [0.15, 0.2) is 115 Å². The van der Waals surface area contributed by atoms with Gasteiger partial charge in [0.2, 0.25) is 0 Å². The van der Waals surface area contributed by atoms with Crippen LogP contribution in [0.25, 0.3) is 17.2 Å². The normalized spacial score (nSPS) is 20.2. The van der Waals surface area contributed by atoms with Crippen molar-refractivity contribution in [2.75, 3.05) is 6.61 Å². The molecule has 2 aromatic carbocycles. The van der Waals surface area contributed by atoms with Crippen molar-refractivity contribution < 1.29 is 14.5 Å². The number of rotatable bonds is 8. The molecule has 5 rings (SSSR count). The molecule has 1 aliphatic rings. The number of carbonyl (C=O) groups is 1. The van der Waals surface area contributed by atoms with Crippen molar-refractivity contribution in [3.63, 3.8) is 0 Å². The monoisotopic (exact) mass is 546 g/mol. The summed E-state index contributed by atoms with van der Waals surface area (Å²) in [6, 6.07) is 23.9. The second kappa shape index (κ2) is 12.0. The van der Waals surface area contributed by atoms with E-state index in [1.54, 1.807) is 30.7 Å². The predicted molar refractivity (Wildman–Crippen MR) is 157 cm³/mol. The van der Waals surface area contributed by atoms with E-state index in [0.29, 0.717) is 11.3 Å². The van der Waals surface area contributed by atoms with E-state index < -0.39 is 28.3 Å². The Kier molecular flexibility index (Phi) is 8.01. The van der Waals surface area contributed by atoms with Gasteiger partial charge in [0.25, 0.3) is 5.69 Å².